The van der Waals surface area contributed by atoms with Crippen LogP contribution in [0.25, 0.3) is 10.9 Å². The number of pyridine rings is 1. The summed E-state index contributed by atoms with van der Waals surface area (Å²) < 4.78 is 41.3. The molecule has 8 heteroatoms. The maximum absolute atomic E-state index is 13.2. The molecule has 1 amide bonds. The van der Waals surface area contributed by atoms with Crippen LogP contribution in [0.4, 0.5) is 13.2 Å². The molecular formula is C28H27ClF3N3O. The van der Waals surface area contributed by atoms with E-state index in [0.717, 1.165) is 23.1 Å². The summed E-state index contributed by atoms with van der Waals surface area (Å²) in [6.07, 6.45) is -0.776. The number of halogens is 4. The standard InChI is InChI=1S/C28H27ClF3N3O/c1-27(2,3)21-6-4-18(5-7-21)17-34-26(36)24-25-20(8-11-33-24)10-13-35(25)12-9-19-14-22(28(30,31)32)16-23(29)15-19/h4-8,10-11,13-16H,9,12,17H2,1-3H3,(H,34,36). The highest BCUT2D eigenvalue weighted by molar-refractivity contribution is 6.30. The topological polar surface area (TPSA) is 46.9 Å². The Balaban J connectivity index is 1.51. The van der Waals surface area contributed by atoms with Crippen LogP contribution in [-0.2, 0) is 31.1 Å². The zero-order valence-corrected chi connectivity index (χ0v) is 21.0. The van der Waals surface area contributed by atoms with Gasteiger partial charge >= 0.3 is 6.18 Å². The molecule has 2 heterocycles. The van der Waals surface area contributed by atoms with Crippen molar-refractivity contribution in [2.45, 2.75) is 51.9 Å². The van der Waals surface area contributed by atoms with E-state index in [9.17, 15) is 18.0 Å². The second-order valence-corrected chi connectivity index (χ2v) is 10.3. The van der Waals surface area contributed by atoms with Gasteiger partial charge in [0.1, 0.15) is 0 Å². The van der Waals surface area contributed by atoms with Crippen LogP contribution in [0.2, 0.25) is 5.02 Å². The average Bonchev–Trinajstić information content (AvgIpc) is 3.23. The van der Waals surface area contributed by atoms with Gasteiger partial charge in [-0.15, -0.1) is 0 Å². The summed E-state index contributed by atoms with van der Waals surface area (Å²) in [6, 6.07) is 15.3. The molecule has 0 saturated carbocycles. The molecule has 0 fully saturated rings. The molecule has 1 N–H and O–H groups in total. The van der Waals surface area contributed by atoms with Crippen LogP contribution < -0.4 is 5.32 Å². The Morgan fingerprint density at radius 2 is 1.69 bits per heavy atom. The molecule has 4 rings (SSSR count). The number of hydrogen-bond donors (Lipinski definition) is 1. The molecule has 0 saturated heterocycles. The molecule has 2 aromatic carbocycles. The van der Waals surface area contributed by atoms with Crippen molar-refractivity contribution in [3.8, 4) is 0 Å². The lowest BCUT2D eigenvalue weighted by Crippen LogP contribution is -2.24. The number of carbonyl (C=O) groups excluding carboxylic acids is 1. The van der Waals surface area contributed by atoms with Crippen LogP contribution in [0.1, 0.15) is 53.5 Å². The van der Waals surface area contributed by atoms with E-state index in [2.05, 4.69) is 43.2 Å². The van der Waals surface area contributed by atoms with Gasteiger partial charge in [0, 0.05) is 35.9 Å². The normalized spacial score (nSPS) is 12.2. The smallest absolute Gasteiger partial charge is 0.347 e. The van der Waals surface area contributed by atoms with Crippen LogP contribution in [0, 0.1) is 0 Å². The van der Waals surface area contributed by atoms with Gasteiger partial charge in [-0.05, 0) is 58.9 Å². The molecule has 0 aliphatic rings. The van der Waals surface area contributed by atoms with Crippen molar-refractivity contribution in [1.82, 2.24) is 14.9 Å². The zero-order chi connectivity index (χ0) is 26.1. The minimum Gasteiger partial charge on any atom is -0.347 e. The monoisotopic (exact) mass is 513 g/mol. The summed E-state index contributed by atoms with van der Waals surface area (Å²) in [5.74, 6) is -0.317. The van der Waals surface area contributed by atoms with E-state index >= 15 is 0 Å². The number of nitrogens with one attached hydrogen (secondary N) is 1. The molecule has 0 atom stereocenters. The van der Waals surface area contributed by atoms with E-state index < -0.39 is 11.7 Å². The van der Waals surface area contributed by atoms with Crippen molar-refractivity contribution in [2.75, 3.05) is 0 Å². The second-order valence-electron chi connectivity index (χ2n) is 9.83. The lowest BCUT2D eigenvalue weighted by Gasteiger charge is -2.19. The van der Waals surface area contributed by atoms with Crippen LogP contribution in [0.15, 0.2) is 67.0 Å². The number of amides is 1. The van der Waals surface area contributed by atoms with Gasteiger partial charge in [0.25, 0.3) is 5.91 Å². The predicted octanol–water partition coefficient (Wildman–Crippen LogP) is 7.18. The third-order valence-corrected chi connectivity index (χ3v) is 6.31. The van der Waals surface area contributed by atoms with Gasteiger partial charge in [0.2, 0.25) is 0 Å². The molecule has 0 spiro atoms. The molecule has 0 radical (unpaired) electrons. The van der Waals surface area contributed by atoms with E-state index in [0.29, 0.717) is 30.6 Å². The molecule has 2 aromatic heterocycles. The summed E-state index contributed by atoms with van der Waals surface area (Å²) in [5.41, 5.74) is 2.82. The van der Waals surface area contributed by atoms with E-state index in [1.54, 1.807) is 12.3 Å². The molecule has 188 valence electrons. The first-order chi connectivity index (χ1) is 16.9. The molecule has 0 unspecified atom stereocenters. The largest absolute Gasteiger partial charge is 0.416 e. The number of hydrogen-bond acceptors (Lipinski definition) is 2. The molecule has 0 aliphatic heterocycles. The average molecular weight is 514 g/mol. The van der Waals surface area contributed by atoms with Gasteiger partial charge in [0.15, 0.2) is 5.69 Å². The molecule has 4 nitrogen and oxygen atoms in total. The van der Waals surface area contributed by atoms with Crippen molar-refractivity contribution in [3.05, 3.63) is 100.0 Å². The fourth-order valence-corrected chi connectivity index (χ4v) is 4.36. The van der Waals surface area contributed by atoms with Crippen LogP contribution >= 0.6 is 11.6 Å². The Kier molecular flexibility index (Phi) is 7.14. The highest BCUT2D eigenvalue weighted by Gasteiger charge is 2.31. The van der Waals surface area contributed by atoms with Gasteiger partial charge in [-0.3, -0.25) is 4.79 Å². The molecule has 0 bridgehead atoms. The van der Waals surface area contributed by atoms with Crippen molar-refractivity contribution in [1.29, 1.82) is 0 Å². The lowest BCUT2D eigenvalue weighted by atomic mass is 9.87. The van der Waals surface area contributed by atoms with Crippen molar-refractivity contribution < 1.29 is 18.0 Å². The fraction of sp³-hybridized carbons (Fsp3) is 0.286. The molecule has 36 heavy (non-hydrogen) atoms. The zero-order valence-electron chi connectivity index (χ0n) is 20.3. The highest BCUT2D eigenvalue weighted by atomic mass is 35.5. The lowest BCUT2D eigenvalue weighted by molar-refractivity contribution is -0.137. The maximum atomic E-state index is 13.2. The Bertz CT molecular complexity index is 1390. The second kappa shape index (κ2) is 9.97. The maximum Gasteiger partial charge on any atom is 0.416 e. The number of aryl methyl sites for hydroxylation is 2. The first kappa shape index (κ1) is 25.8. The summed E-state index contributed by atoms with van der Waals surface area (Å²) in [5, 5.41) is 3.79. The van der Waals surface area contributed by atoms with E-state index in [-0.39, 0.29) is 22.0 Å². The van der Waals surface area contributed by atoms with Crippen molar-refractivity contribution in [2.24, 2.45) is 0 Å². The first-order valence-corrected chi connectivity index (χ1v) is 12.0. The van der Waals surface area contributed by atoms with Gasteiger partial charge < -0.3 is 9.88 Å². The Morgan fingerprint density at radius 1 is 0.972 bits per heavy atom. The summed E-state index contributed by atoms with van der Waals surface area (Å²) in [7, 11) is 0. The van der Waals surface area contributed by atoms with Crippen molar-refractivity contribution in [3.63, 3.8) is 0 Å². The summed E-state index contributed by atoms with van der Waals surface area (Å²) >= 11 is 5.92. The molecular weight excluding hydrogens is 487 g/mol. The van der Waals surface area contributed by atoms with E-state index in [1.165, 1.54) is 11.6 Å². The van der Waals surface area contributed by atoms with E-state index in [4.69, 9.17) is 11.6 Å². The quantitative estimate of drug-likeness (QED) is 0.297. The first-order valence-electron chi connectivity index (χ1n) is 11.6. The number of rotatable bonds is 6. The highest BCUT2D eigenvalue weighted by Crippen LogP contribution is 2.32. The molecule has 0 aliphatic carbocycles. The van der Waals surface area contributed by atoms with E-state index in [1.807, 2.05) is 29.0 Å². The minimum atomic E-state index is -4.47. The number of carbonyl (C=O) groups is 1. The van der Waals surface area contributed by atoms with Gasteiger partial charge in [0.05, 0.1) is 11.1 Å². The Morgan fingerprint density at radius 3 is 2.36 bits per heavy atom. The molecule has 4 aromatic rings. The third kappa shape index (κ3) is 5.90. The van der Waals surface area contributed by atoms with Crippen molar-refractivity contribution >= 4 is 28.4 Å². The van der Waals surface area contributed by atoms with Crippen LogP contribution in [0.5, 0.6) is 0 Å². The van der Waals surface area contributed by atoms with Gasteiger partial charge in [-0.25, -0.2) is 4.98 Å². The fourth-order valence-electron chi connectivity index (χ4n) is 4.10. The van der Waals surface area contributed by atoms with Crippen LogP contribution in [-0.4, -0.2) is 15.5 Å². The van der Waals surface area contributed by atoms with Crippen LogP contribution in [0.3, 0.4) is 0 Å². The SMILES string of the molecule is CC(C)(C)c1ccc(CNC(=O)c2nccc3ccn(CCc4cc(Cl)cc(C(F)(F)F)c4)c23)cc1. The predicted molar refractivity (Wildman–Crippen MR) is 136 cm³/mol. The van der Waals surface area contributed by atoms with Gasteiger partial charge in [-0.2, -0.15) is 13.2 Å². The Labute approximate surface area is 213 Å². The number of alkyl halides is 3. The minimum absolute atomic E-state index is 0.0365. The Hall–Kier alpha value is -3.32. The number of nitrogens with zero attached hydrogens (tertiary/aromatic N) is 2. The van der Waals surface area contributed by atoms with Gasteiger partial charge in [-0.1, -0.05) is 56.6 Å². The number of aromatic nitrogens is 2. The summed E-state index contributed by atoms with van der Waals surface area (Å²) in [4.78, 5) is 17.4. The third-order valence-electron chi connectivity index (χ3n) is 6.09. The number of fused-ring (bicyclic) bond motifs is 1. The number of benzene rings is 2. The summed E-state index contributed by atoms with van der Waals surface area (Å²) in [6.45, 7) is 7.15.